The largest absolute Gasteiger partial charge is 0.465 e. The maximum atomic E-state index is 12.6. The molecule has 1 rings (SSSR count). The third kappa shape index (κ3) is 6.06. The van der Waals surface area contributed by atoms with E-state index >= 15 is 0 Å². The molecular weight excluding hydrogens is 328 g/mol. The molecular formula is C22H36O2S. The molecule has 1 unspecified atom stereocenters. The van der Waals surface area contributed by atoms with Crippen LogP contribution in [-0.2, 0) is 20.4 Å². The van der Waals surface area contributed by atoms with Crippen LogP contribution in [0.3, 0.4) is 0 Å². The third-order valence-electron chi connectivity index (χ3n) is 4.42. The summed E-state index contributed by atoms with van der Waals surface area (Å²) in [6, 6.07) is 6.80. The van der Waals surface area contributed by atoms with E-state index in [1.807, 2.05) is 13.8 Å². The van der Waals surface area contributed by atoms with Crippen LogP contribution in [-0.4, -0.2) is 17.3 Å². The summed E-state index contributed by atoms with van der Waals surface area (Å²) in [6.07, 6.45) is 1.76. The highest BCUT2D eigenvalue weighted by molar-refractivity contribution is 8.01. The van der Waals surface area contributed by atoms with Gasteiger partial charge in [0.05, 0.1) is 6.61 Å². The number of benzene rings is 1. The molecule has 0 amide bonds. The van der Waals surface area contributed by atoms with Gasteiger partial charge in [-0.25, -0.2) is 0 Å². The maximum Gasteiger partial charge on any atom is 0.322 e. The summed E-state index contributed by atoms with van der Waals surface area (Å²) in [4.78, 5) is 13.7. The molecule has 0 aliphatic carbocycles. The quantitative estimate of drug-likeness (QED) is 0.426. The summed E-state index contributed by atoms with van der Waals surface area (Å²) in [5.74, 6) is -0.111. The highest BCUT2D eigenvalue weighted by Gasteiger charge is 2.35. The van der Waals surface area contributed by atoms with Gasteiger partial charge < -0.3 is 4.74 Å². The van der Waals surface area contributed by atoms with Crippen molar-refractivity contribution in [3.05, 3.63) is 29.3 Å². The van der Waals surface area contributed by atoms with Crippen LogP contribution in [0.5, 0.6) is 0 Å². The van der Waals surface area contributed by atoms with Crippen molar-refractivity contribution in [2.45, 2.75) is 95.6 Å². The van der Waals surface area contributed by atoms with Crippen molar-refractivity contribution in [2.24, 2.45) is 0 Å². The van der Waals surface area contributed by atoms with Gasteiger partial charge in [-0.2, -0.15) is 0 Å². The summed E-state index contributed by atoms with van der Waals surface area (Å²) in [6.45, 7) is 19.8. The second-order valence-corrected chi connectivity index (χ2v) is 10.6. The molecule has 0 heterocycles. The molecule has 3 heteroatoms. The normalized spacial score (nSPS) is 14.9. The molecule has 142 valence electrons. The minimum atomic E-state index is -0.545. The zero-order valence-corrected chi connectivity index (χ0v) is 18.4. The molecule has 2 nitrogen and oxygen atoms in total. The molecule has 0 spiro atoms. The van der Waals surface area contributed by atoms with Crippen LogP contribution < -0.4 is 0 Å². The third-order valence-corrected chi connectivity index (χ3v) is 5.71. The summed E-state index contributed by atoms with van der Waals surface area (Å²) < 4.78 is 4.82. The summed E-state index contributed by atoms with van der Waals surface area (Å²) >= 11 is 1.65. The van der Waals surface area contributed by atoms with Crippen LogP contribution in [0.1, 0.15) is 86.3 Å². The molecule has 0 aliphatic heterocycles. The second-order valence-electron chi connectivity index (χ2n) is 9.05. The van der Waals surface area contributed by atoms with E-state index < -0.39 is 4.75 Å². The van der Waals surface area contributed by atoms with Crippen LogP contribution in [0, 0.1) is 0 Å². The first-order chi connectivity index (χ1) is 11.3. The van der Waals surface area contributed by atoms with Crippen LogP contribution >= 0.6 is 11.8 Å². The molecule has 1 aromatic rings. The Kier molecular flexibility index (Phi) is 7.21. The van der Waals surface area contributed by atoms with Crippen LogP contribution in [0.15, 0.2) is 23.1 Å². The molecule has 0 fully saturated rings. The predicted octanol–water partition coefficient (Wildman–Crippen LogP) is 6.50. The number of hydrogen-bond donors (Lipinski definition) is 0. The lowest BCUT2D eigenvalue weighted by Crippen LogP contribution is -2.33. The van der Waals surface area contributed by atoms with Crippen molar-refractivity contribution in [3.63, 3.8) is 0 Å². The van der Waals surface area contributed by atoms with E-state index in [1.54, 1.807) is 11.8 Å². The number of thioether (sulfide) groups is 1. The van der Waals surface area contributed by atoms with Crippen LogP contribution in [0.2, 0.25) is 0 Å². The Morgan fingerprint density at radius 3 is 1.76 bits per heavy atom. The van der Waals surface area contributed by atoms with E-state index in [4.69, 9.17) is 4.74 Å². The number of hydrogen-bond acceptors (Lipinski definition) is 3. The van der Waals surface area contributed by atoms with Gasteiger partial charge in [-0.3, -0.25) is 4.79 Å². The summed E-state index contributed by atoms with van der Waals surface area (Å²) in [7, 11) is 0. The Morgan fingerprint density at radius 1 is 0.920 bits per heavy atom. The van der Waals surface area contributed by atoms with Gasteiger partial charge in [0.2, 0.25) is 0 Å². The molecule has 0 aliphatic rings. The highest BCUT2D eigenvalue weighted by atomic mass is 32.2. The van der Waals surface area contributed by atoms with Crippen molar-refractivity contribution in [1.29, 1.82) is 0 Å². The topological polar surface area (TPSA) is 26.3 Å². The van der Waals surface area contributed by atoms with E-state index in [0.717, 1.165) is 17.7 Å². The van der Waals surface area contributed by atoms with E-state index in [1.165, 1.54) is 11.1 Å². The average molecular weight is 365 g/mol. The first-order valence-electron chi connectivity index (χ1n) is 9.35. The van der Waals surface area contributed by atoms with Gasteiger partial charge in [0.1, 0.15) is 4.75 Å². The van der Waals surface area contributed by atoms with Crippen molar-refractivity contribution >= 4 is 17.7 Å². The minimum Gasteiger partial charge on any atom is -0.465 e. The number of esters is 1. The number of rotatable bonds is 6. The zero-order chi connectivity index (χ0) is 19.5. The van der Waals surface area contributed by atoms with E-state index in [-0.39, 0.29) is 16.8 Å². The molecule has 0 saturated carbocycles. The lowest BCUT2D eigenvalue weighted by atomic mass is 9.81. The zero-order valence-electron chi connectivity index (χ0n) is 17.6. The van der Waals surface area contributed by atoms with E-state index in [2.05, 4.69) is 66.7 Å². The maximum absolute atomic E-state index is 12.6. The van der Waals surface area contributed by atoms with Gasteiger partial charge in [-0.05, 0) is 54.4 Å². The predicted molar refractivity (Wildman–Crippen MR) is 110 cm³/mol. The van der Waals surface area contributed by atoms with Gasteiger partial charge >= 0.3 is 5.97 Å². The first-order valence-corrected chi connectivity index (χ1v) is 10.2. The lowest BCUT2D eigenvalue weighted by molar-refractivity contribution is -0.145. The van der Waals surface area contributed by atoms with E-state index in [9.17, 15) is 4.79 Å². The fraction of sp³-hybridized carbons (Fsp3) is 0.682. The molecule has 0 radical (unpaired) electrons. The Morgan fingerprint density at radius 2 is 1.40 bits per heavy atom. The smallest absolute Gasteiger partial charge is 0.322 e. The number of carbonyl (C=O) groups excluding carboxylic acids is 1. The Hall–Kier alpha value is -0.960. The van der Waals surface area contributed by atoms with Crippen molar-refractivity contribution in [3.8, 4) is 0 Å². The Labute approximate surface area is 159 Å². The standard InChI is InChI=1S/C22H36O2S/c1-10-12-22(9,19(23)24-11-2)25-18-14-16(20(3,4)5)13-17(15-18)21(6,7)8/h13-15H,10-12H2,1-9H3. The highest BCUT2D eigenvalue weighted by Crippen LogP contribution is 2.41. The van der Waals surface area contributed by atoms with Gasteiger partial charge in [-0.15, -0.1) is 11.8 Å². The Balaban J connectivity index is 3.36. The molecule has 25 heavy (non-hydrogen) atoms. The molecule has 0 aromatic heterocycles. The second kappa shape index (κ2) is 8.16. The van der Waals surface area contributed by atoms with Crippen molar-refractivity contribution in [2.75, 3.05) is 6.61 Å². The first kappa shape index (κ1) is 22.1. The Bertz CT molecular complexity index is 561. The monoisotopic (exact) mass is 364 g/mol. The fourth-order valence-electron chi connectivity index (χ4n) is 2.74. The van der Waals surface area contributed by atoms with Gasteiger partial charge in [0.15, 0.2) is 0 Å². The minimum absolute atomic E-state index is 0.0711. The van der Waals surface area contributed by atoms with Gasteiger partial charge in [-0.1, -0.05) is 61.0 Å². The van der Waals surface area contributed by atoms with Crippen LogP contribution in [0.25, 0.3) is 0 Å². The average Bonchev–Trinajstić information content (AvgIpc) is 2.45. The van der Waals surface area contributed by atoms with Crippen LogP contribution in [0.4, 0.5) is 0 Å². The fourth-order valence-corrected chi connectivity index (χ4v) is 4.08. The van der Waals surface area contributed by atoms with Gasteiger partial charge in [0, 0.05) is 4.90 Å². The van der Waals surface area contributed by atoms with Crippen molar-refractivity contribution in [1.82, 2.24) is 0 Å². The van der Waals surface area contributed by atoms with Crippen molar-refractivity contribution < 1.29 is 9.53 Å². The number of ether oxygens (including phenoxy) is 1. The van der Waals surface area contributed by atoms with E-state index in [0.29, 0.717) is 6.61 Å². The van der Waals surface area contributed by atoms with Gasteiger partial charge in [0.25, 0.3) is 0 Å². The molecule has 0 N–H and O–H groups in total. The molecule has 1 aromatic carbocycles. The molecule has 0 bridgehead atoms. The lowest BCUT2D eigenvalue weighted by Gasteiger charge is -2.29. The molecule has 1 atom stereocenters. The number of carbonyl (C=O) groups is 1. The summed E-state index contributed by atoms with van der Waals surface area (Å²) in [5, 5.41) is 0. The SMILES string of the molecule is CCCC(C)(Sc1cc(C(C)(C)C)cc(C(C)(C)C)c1)C(=O)OCC. The summed E-state index contributed by atoms with van der Waals surface area (Å²) in [5.41, 5.74) is 2.76. The molecule has 0 saturated heterocycles.